The molecule has 1 saturated heterocycles. The van der Waals surface area contributed by atoms with Crippen LogP contribution in [0.3, 0.4) is 0 Å². The van der Waals surface area contributed by atoms with Crippen molar-refractivity contribution >= 4 is 0 Å². The first-order chi connectivity index (χ1) is 9.29. The second-order valence-electron chi connectivity index (χ2n) is 4.98. The molecule has 4 nitrogen and oxygen atoms in total. The van der Waals surface area contributed by atoms with Gasteiger partial charge in [0.1, 0.15) is 11.6 Å². The molecule has 0 radical (unpaired) electrons. The summed E-state index contributed by atoms with van der Waals surface area (Å²) in [4.78, 5) is 8.70. The van der Waals surface area contributed by atoms with Gasteiger partial charge in [0.2, 0.25) is 0 Å². The highest BCUT2D eigenvalue weighted by molar-refractivity contribution is 5.30. The second kappa shape index (κ2) is 5.36. The molecule has 1 aliphatic heterocycles. The molecule has 2 heterocycles. The summed E-state index contributed by atoms with van der Waals surface area (Å²) in [5.74, 6) is 3.07. The van der Waals surface area contributed by atoms with Crippen molar-refractivity contribution in [2.24, 2.45) is 5.92 Å². The normalized spacial score (nSPS) is 15.0. The fraction of sp³-hybridized carbons (Fsp3) is 0.333. The van der Waals surface area contributed by atoms with Crippen molar-refractivity contribution < 1.29 is 4.74 Å². The Bertz CT molecular complexity index is 532. The van der Waals surface area contributed by atoms with E-state index >= 15 is 0 Å². The number of aryl methyl sites for hydroxylation is 1. The third-order valence-corrected chi connectivity index (χ3v) is 3.28. The molecule has 0 atom stereocenters. The number of hydrogen-bond acceptors (Lipinski definition) is 4. The molecule has 0 unspecified atom stereocenters. The molecule has 0 spiro atoms. The van der Waals surface area contributed by atoms with Crippen LogP contribution in [0.25, 0.3) is 0 Å². The van der Waals surface area contributed by atoms with Gasteiger partial charge in [-0.05, 0) is 38.1 Å². The van der Waals surface area contributed by atoms with Gasteiger partial charge in [0.05, 0.1) is 12.4 Å². The molecule has 4 heteroatoms. The van der Waals surface area contributed by atoms with Crippen LogP contribution in [0.1, 0.15) is 11.4 Å². The summed E-state index contributed by atoms with van der Waals surface area (Å²) in [7, 11) is 0. The zero-order valence-corrected chi connectivity index (χ0v) is 11.0. The molecule has 0 aliphatic carbocycles. The molecular formula is C15H17N3O. The highest BCUT2D eigenvalue weighted by atomic mass is 16.5. The number of hydrogen-bond donors (Lipinski definition) is 1. The summed E-state index contributed by atoms with van der Waals surface area (Å²) in [5, 5.41) is 3.25. The molecule has 1 aromatic heterocycles. The van der Waals surface area contributed by atoms with Gasteiger partial charge in [-0.2, -0.15) is 0 Å². The van der Waals surface area contributed by atoms with E-state index in [2.05, 4.69) is 22.2 Å². The highest BCUT2D eigenvalue weighted by Gasteiger charge is 2.18. The monoisotopic (exact) mass is 255 g/mol. The standard InChI is InChI=1S/C15H17N3O/c1-11-2-4-13(5-3-11)19-14-9-17-15(18-10-14)6-12-7-16-8-12/h2-5,9-10,12,16H,6-8H2,1H3. The zero-order chi connectivity index (χ0) is 13.1. The summed E-state index contributed by atoms with van der Waals surface area (Å²) in [6, 6.07) is 7.94. The first-order valence-electron chi connectivity index (χ1n) is 6.56. The lowest BCUT2D eigenvalue weighted by Crippen LogP contribution is -2.43. The van der Waals surface area contributed by atoms with Crippen molar-refractivity contribution in [3.63, 3.8) is 0 Å². The topological polar surface area (TPSA) is 47.0 Å². The number of nitrogens with zero attached hydrogens (tertiary/aromatic N) is 2. The summed E-state index contributed by atoms with van der Waals surface area (Å²) in [6.45, 7) is 4.20. The van der Waals surface area contributed by atoms with Gasteiger partial charge in [-0.25, -0.2) is 9.97 Å². The number of nitrogens with one attached hydrogen (secondary N) is 1. The molecule has 98 valence electrons. The minimum atomic E-state index is 0.680. The minimum Gasteiger partial charge on any atom is -0.454 e. The van der Waals surface area contributed by atoms with Crippen LogP contribution in [0, 0.1) is 12.8 Å². The molecule has 0 bridgehead atoms. The third kappa shape index (κ3) is 3.09. The maximum atomic E-state index is 5.70. The fourth-order valence-corrected chi connectivity index (χ4v) is 1.99. The molecule has 2 aromatic rings. The molecule has 1 aliphatic rings. The van der Waals surface area contributed by atoms with E-state index in [-0.39, 0.29) is 0 Å². The Kier molecular flexibility index (Phi) is 3.42. The summed E-state index contributed by atoms with van der Waals surface area (Å²) in [6.07, 6.45) is 4.43. The van der Waals surface area contributed by atoms with Gasteiger partial charge in [0.25, 0.3) is 0 Å². The average Bonchev–Trinajstić information content (AvgIpc) is 2.38. The van der Waals surface area contributed by atoms with Crippen LogP contribution in [0.15, 0.2) is 36.7 Å². The Balaban J connectivity index is 1.63. The Hall–Kier alpha value is -1.94. The lowest BCUT2D eigenvalue weighted by Gasteiger charge is -2.26. The van der Waals surface area contributed by atoms with Crippen LogP contribution in [-0.2, 0) is 6.42 Å². The van der Waals surface area contributed by atoms with Crippen LogP contribution in [0.2, 0.25) is 0 Å². The first-order valence-corrected chi connectivity index (χ1v) is 6.56. The largest absolute Gasteiger partial charge is 0.454 e. The van der Waals surface area contributed by atoms with Gasteiger partial charge in [-0.3, -0.25) is 0 Å². The number of rotatable bonds is 4. The SMILES string of the molecule is Cc1ccc(Oc2cnc(CC3CNC3)nc2)cc1. The van der Waals surface area contributed by atoms with Crippen molar-refractivity contribution in [3.8, 4) is 11.5 Å². The van der Waals surface area contributed by atoms with Gasteiger partial charge in [-0.15, -0.1) is 0 Å². The van der Waals surface area contributed by atoms with Crippen LogP contribution in [0.4, 0.5) is 0 Å². The predicted octanol–water partition coefficient (Wildman–Crippen LogP) is 2.34. The summed E-state index contributed by atoms with van der Waals surface area (Å²) >= 11 is 0. The molecule has 1 N–H and O–H groups in total. The average molecular weight is 255 g/mol. The molecule has 19 heavy (non-hydrogen) atoms. The Morgan fingerprint density at radius 2 is 1.79 bits per heavy atom. The van der Waals surface area contributed by atoms with Crippen molar-refractivity contribution in [1.82, 2.24) is 15.3 Å². The number of ether oxygens (including phenoxy) is 1. The van der Waals surface area contributed by atoms with Crippen molar-refractivity contribution in [1.29, 1.82) is 0 Å². The van der Waals surface area contributed by atoms with Crippen molar-refractivity contribution in [2.75, 3.05) is 13.1 Å². The quantitative estimate of drug-likeness (QED) is 0.911. The van der Waals surface area contributed by atoms with Crippen LogP contribution in [-0.4, -0.2) is 23.1 Å². The van der Waals surface area contributed by atoms with Crippen molar-refractivity contribution in [2.45, 2.75) is 13.3 Å². The van der Waals surface area contributed by atoms with E-state index in [0.717, 1.165) is 31.1 Å². The summed E-state index contributed by atoms with van der Waals surface area (Å²) < 4.78 is 5.70. The van der Waals surface area contributed by atoms with Gasteiger partial charge >= 0.3 is 0 Å². The Morgan fingerprint density at radius 3 is 2.37 bits per heavy atom. The van der Waals surface area contributed by atoms with Gasteiger partial charge in [0.15, 0.2) is 5.75 Å². The third-order valence-electron chi connectivity index (χ3n) is 3.28. The molecule has 1 fully saturated rings. The van der Waals surface area contributed by atoms with E-state index in [1.165, 1.54) is 5.56 Å². The first kappa shape index (κ1) is 12.1. The summed E-state index contributed by atoms with van der Waals surface area (Å²) in [5.41, 5.74) is 1.22. The van der Waals surface area contributed by atoms with Gasteiger partial charge in [0, 0.05) is 6.42 Å². The molecule has 0 amide bonds. The second-order valence-corrected chi connectivity index (χ2v) is 4.98. The van der Waals surface area contributed by atoms with Crippen molar-refractivity contribution in [3.05, 3.63) is 48.0 Å². The number of aromatic nitrogens is 2. The van der Waals surface area contributed by atoms with E-state index in [0.29, 0.717) is 11.7 Å². The number of benzene rings is 1. The van der Waals surface area contributed by atoms with Crippen LogP contribution >= 0.6 is 0 Å². The van der Waals surface area contributed by atoms with Gasteiger partial charge in [-0.1, -0.05) is 17.7 Å². The van der Waals surface area contributed by atoms with E-state index in [1.54, 1.807) is 12.4 Å². The fourth-order valence-electron chi connectivity index (χ4n) is 1.99. The smallest absolute Gasteiger partial charge is 0.164 e. The van der Waals surface area contributed by atoms with Crippen LogP contribution < -0.4 is 10.1 Å². The predicted molar refractivity (Wildman–Crippen MR) is 73.3 cm³/mol. The molecule has 0 saturated carbocycles. The lowest BCUT2D eigenvalue weighted by atomic mass is 9.99. The minimum absolute atomic E-state index is 0.680. The van der Waals surface area contributed by atoms with E-state index < -0.39 is 0 Å². The molecular weight excluding hydrogens is 238 g/mol. The Morgan fingerprint density at radius 1 is 1.11 bits per heavy atom. The van der Waals surface area contributed by atoms with E-state index in [9.17, 15) is 0 Å². The molecule has 1 aromatic carbocycles. The molecule has 3 rings (SSSR count). The van der Waals surface area contributed by atoms with E-state index in [1.807, 2.05) is 24.3 Å². The highest BCUT2D eigenvalue weighted by Crippen LogP contribution is 2.20. The lowest BCUT2D eigenvalue weighted by molar-refractivity contribution is 0.340. The maximum Gasteiger partial charge on any atom is 0.164 e. The maximum absolute atomic E-state index is 5.70. The van der Waals surface area contributed by atoms with E-state index in [4.69, 9.17) is 4.74 Å². The zero-order valence-electron chi connectivity index (χ0n) is 11.0. The van der Waals surface area contributed by atoms with Gasteiger partial charge < -0.3 is 10.1 Å². The van der Waals surface area contributed by atoms with Crippen LogP contribution in [0.5, 0.6) is 11.5 Å². The Labute approximate surface area is 112 Å².